The van der Waals surface area contributed by atoms with Crippen molar-refractivity contribution in [1.82, 2.24) is 0 Å². The zero-order valence-electron chi connectivity index (χ0n) is 15.4. The zero-order chi connectivity index (χ0) is 19.6. The van der Waals surface area contributed by atoms with Gasteiger partial charge in [-0.3, -0.25) is 4.79 Å². The van der Waals surface area contributed by atoms with Gasteiger partial charge in [0.05, 0.1) is 26.0 Å². The number of nitrogens with zero attached hydrogens (tertiary/aromatic N) is 1. The second kappa shape index (κ2) is 7.44. The van der Waals surface area contributed by atoms with Crippen LogP contribution in [0.3, 0.4) is 0 Å². The summed E-state index contributed by atoms with van der Waals surface area (Å²) in [5.74, 6) is 0.493. The molecule has 3 rings (SSSR count). The first-order valence-electron chi connectivity index (χ1n) is 8.38. The van der Waals surface area contributed by atoms with Crippen molar-refractivity contribution >= 4 is 21.4 Å². The van der Waals surface area contributed by atoms with Crippen molar-refractivity contribution in [2.45, 2.75) is 13.0 Å². The van der Waals surface area contributed by atoms with E-state index < -0.39 is 15.9 Å². The van der Waals surface area contributed by atoms with Crippen molar-refractivity contribution in [3.05, 3.63) is 65.1 Å². The number of hydrogen-bond acceptors (Lipinski definition) is 5. The van der Waals surface area contributed by atoms with Gasteiger partial charge in [0.2, 0.25) is 0 Å². The predicted molar refractivity (Wildman–Crippen MR) is 104 cm³/mol. The quantitative estimate of drug-likeness (QED) is 0.789. The Morgan fingerprint density at radius 1 is 1.04 bits per heavy atom. The van der Waals surface area contributed by atoms with Gasteiger partial charge in [0, 0.05) is 16.7 Å². The summed E-state index contributed by atoms with van der Waals surface area (Å²) < 4.78 is 34.3. The molecule has 0 N–H and O–H groups in total. The highest BCUT2D eigenvalue weighted by Gasteiger charge is 2.32. The fourth-order valence-electron chi connectivity index (χ4n) is 2.99. The number of hydrogen-bond donors (Lipinski definition) is 0. The lowest BCUT2D eigenvalue weighted by Crippen LogP contribution is -2.41. The van der Waals surface area contributed by atoms with Crippen LogP contribution in [0.25, 0.3) is 0 Å². The normalized spacial score (nSPS) is 17.5. The average Bonchev–Trinajstić information content (AvgIpc) is 3.02. The van der Waals surface area contributed by atoms with Gasteiger partial charge in [0.15, 0.2) is 21.3 Å². The molecule has 142 valence electrons. The average molecular weight is 387 g/mol. The van der Waals surface area contributed by atoms with Crippen molar-refractivity contribution in [2.24, 2.45) is 0 Å². The zero-order valence-corrected chi connectivity index (χ0v) is 16.2. The Kier molecular flexibility index (Phi) is 5.23. The highest BCUT2D eigenvalue weighted by Crippen LogP contribution is 2.30. The topological polar surface area (TPSA) is 72.9 Å². The number of rotatable bonds is 5. The van der Waals surface area contributed by atoms with E-state index in [0.29, 0.717) is 22.7 Å². The molecule has 1 aliphatic rings. The van der Waals surface area contributed by atoms with E-state index in [1.54, 1.807) is 24.3 Å². The summed E-state index contributed by atoms with van der Waals surface area (Å²) in [7, 11) is -0.299. The van der Waals surface area contributed by atoms with Crippen molar-refractivity contribution in [2.75, 3.05) is 24.9 Å². The summed E-state index contributed by atoms with van der Waals surface area (Å²) in [4.78, 5) is 14.8. The summed E-state index contributed by atoms with van der Waals surface area (Å²) in [6.07, 6.45) is 1.55. The molecule has 7 heteroatoms. The van der Waals surface area contributed by atoms with E-state index in [0.717, 1.165) is 5.56 Å². The first-order chi connectivity index (χ1) is 12.8. The summed E-state index contributed by atoms with van der Waals surface area (Å²) in [6.45, 7) is 1.95. The number of ether oxygens (including phenoxy) is 2. The number of benzene rings is 2. The Balaban J connectivity index is 2.03. The van der Waals surface area contributed by atoms with E-state index in [-0.39, 0.29) is 11.7 Å². The van der Waals surface area contributed by atoms with E-state index in [1.807, 2.05) is 31.2 Å². The number of methoxy groups -OCH3 is 2. The Morgan fingerprint density at radius 3 is 2.26 bits per heavy atom. The van der Waals surface area contributed by atoms with Gasteiger partial charge in [0.25, 0.3) is 5.91 Å². The number of anilines is 1. The van der Waals surface area contributed by atoms with Crippen LogP contribution < -0.4 is 14.4 Å². The second-order valence-electron chi connectivity index (χ2n) is 6.31. The van der Waals surface area contributed by atoms with Gasteiger partial charge in [-0.2, -0.15) is 0 Å². The van der Waals surface area contributed by atoms with Gasteiger partial charge >= 0.3 is 0 Å². The minimum absolute atomic E-state index is 0.139. The molecule has 0 saturated heterocycles. The lowest BCUT2D eigenvalue weighted by molar-refractivity contribution is 0.0982. The van der Waals surface area contributed by atoms with E-state index in [4.69, 9.17) is 9.47 Å². The van der Waals surface area contributed by atoms with E-state index in [9.17, 15) is 13.2 Å². The largest absolute Gasteiger partial charge is 0.493 e. The molecule has 1 atom stereocenters. The molecular weight excluding hydrogens is 366 g/mol. The second-order valence-corrected chi connectivity index (χ2v) is 8.24. The van der Waals surface area contributed by atoms with E-state index >= 15 is 0 Å². The fourth-order valence-corrected chi connectivity index (χ4v) is 4.26. The van der Waals surface area contributed by atoms with Crippen molar-refractivity contribution in [1.29, 1.82) is 0 Å². The number of amides is 1. The summed E-state index contributed by atoms with van der Waals surface area (Å²) in [6, 6.07) is 11.7. The van der Waals surface area contributed by atoms with Crippen molar-refractivity contribution in [3.8, 4) is 11.5 Å². The van der Waals surface area contributed by atoms with Crippen LogP contribution in [-0.4, -0.2) is 40.3 Å². The molecule has 0 saturated carbocycles. The summed E-state index contributed by atoms with van der Waals surface area (Å²) >= 11 is 0. The maximum Gasteiger partial charge on any atom is 0.258 e. The van der Waals surface area contributed by atoms with Crippen LogP contribution in [0.2, 0.25) is 0 Å². The van der Waals surface area contributed by atoms with Gasteiger partial charge in [-0.15, -0.1) is 0 Å². The van der Waals surface area contributed by atoms with Crippen LogP contribution in [0, 0.1) is 6.92 Å². The van der Waals surface area contributed by atoms with Crippen LogP contribution in [0.4, 0.5) is 5.69 Å². The van der Waals surface area contributed by atoms with Crippen LogP contribution in [0.5, 0.6) is 11.5 Å². The lowest BCUT2D eigenvalue weighted by atomic mass is 10.1. The SMILES string of the molecule is COc1ccc(C(=O)N(c2ccc(C)cc2)[C@@H]2C=CS(=O)(=O)C2)cc1OC. The minimum atomic E-state index is -3.31. The molecule has 1 amide bonds. The van der Waals surface area contributed by atoms with Gasteiger partial charge < -0.3 is 14.4 Å². The van der Waals surface area contributed by atoms with Crippen LogP contribution in [0.15, 0.2) is 53.9 Å². The highest BCUT2D eigenvalue weighted by molar-refractivity contribution is 7.94. The highest BCUT2D eigenvalue weighted by atomic mass is 32.2. The molecule has 0 radical (unpaired) electrons. The number of carbonyl (C=O) groups excluding carboxylic acids is 1. The molecule has 0 aromatic heterocycles. The Morgan fingerprint density at radius 2 is 1.70 bits per heavy atom. The molecule has 0 unspecified atom stereocenters. The number of sulfone groups is 1. The maximum atomic E-state index is 13.3. The summed E-state index contributed by atoms with van der Waals surface area (Å²) in [5, 5.41) is 1.17. The third-order valence-corrected chi connectivity index (χ3v) is 5.78. The summed E-state index contributed by atoms with van der Waals surface area (Å²) in [5.41, 5.74) is 2.06. The fraction of sp³-hybridized carbons (Fsp3) is 0.250. The molecule has 1 heterocycles. The van der Waals surface area contributed by atoms with Gasteiger partial charge in [0.1, 0.15) is 0 Å². The Hall–Kier alpha value is -2.80. The van der Waals surface area contributed by atoms with Crippen LogP contribution in [-0.2, 0) is 9.84 Å². The van der Waals surface area contributed by atoms with Crippen molar-refractivity contribution < 1.29 is 22.7 Å². The lowest BCUT2D eigenvalue weighted by Gasteiger charge is -2.28. The van der Waals surface area contributed by atoms with Gasteiger partial charge in [-0.1, -0.05) is 17.7 Å². The van der Waals surface area contributed by atoms with E-state index in [2.05, 4.69) is 0 Å². The molecule has 1 aliphatic heterocycles. The molecule has 2 aromatic rings. The molecular formula is C20H21NO5S. The van der Waals surface area contributed by atoms with E-state index in [1.165, 1.54) is 24.5 Å². The smallest absolute Gasteiger partial charge is 0.258 e. The van der Waals surface area contributed by atoms with Gasteiger partial charge in [-0.05, 0) is 43.3 Å². The Bertz CT molecular complexity index is 980. The first kappa shape index (κ1) is 19.0. The number of carbonyl (C=O) groups is 1. The molecule has 0 fully saturated rings. The predicted octanol–water partition coefficient (Wildman–Crippen LogP) is 2.97. The molecule has 2 aromatic carbocycles. The maximum absolute atomic E-state index is 13.3. The molecule has 0 bridgehead atoms. The van der Waals surface area contributed by atoms with Crippen LogP contribution in [0.1, 0.15) is 15.9 Å². The third kappa shape index (κ3) is 3.98. The standard InChI is InChI=1S/C20H21NO5S/c1-14-4-7-16(8-5-14)21(17-10-11-27(23,24)13-17)20(22)15-6-9-18(25-2)19(12-15)26-3/h4-12,17H,13H2,1-3H3/t17-/m1/s1. The monoisotopic (exact) mass is 387 g/mol. The number of aryl methyl sites for hydroxylation is 1. The molecule has 0 aliphatic carbocycles. The Labute approximate surface area is 158 Å². The molecule has 0 spiro atoms. The van der Waals surface area contributed by atoms with Crippen molar-refractivity contribution in [3.63, 3.8) is 0 Å². The minimum Gasteiger partial charge on any atom is -0.493 e. The first-order valence-corrected chi connectivity index (χ1v) is 10.1. The third-order valence-electron chi connectivity index (χ3n) is 4.40. The van der Waals surface area contributed by atoms with Gasteiger partial charge in [-0.25, -0.2) is 8.42 Å². The van der Waals surface area contributed by atoms with Crippen LogP contribution >= 0.6 is 0 Å². The molecule has 27 heavy (non-hydrogen) atoms. The molecule has 6 nitrogen and oxygen atoms in total.